The molecular formula is C15H12ClN3O. The highest BCUT2D eigenvalue weighted by molar-refractivity contribution is 6.31. The Morgan fingerprint density at radius 1 is 1.15 bits per heavy atom. The number of halogens is 1. The van der Waals surface area contributed by atoms with Gasteiger partial charge in [0.05, 0.1) is 17.2 Å². The van der Waals surface area contributed by atoms with E-state index in [0.717, 1.165) is 12.0 Å². The van der Waals surface area contributed by atoms with Crippen LogP contribution in [-0.2, 0) is 13.0 Å². The standard InChI is InChI=1S/C15H12ClN3O/c16-12-1-2-14-13(9-12)15(20)19(10-18-14)8-5-11-3-6-17-7-4-11/h1-4,6-7,9-10H,5,8H2. The molecule has 2 aromatic heterocycles. The third kappa shape index (κ3) is 2.56. The number of aromatic nitrogens is 3. The summed E-state index contributed by atoms with van der Waals surface area (Å²) >= 11 is 5.93. The minimum atomic E-state index is -0.0634. The fourth-order valence-corrected chi connectivity index (χ4v) is 2.26. The predicted molar refractivity (Wildman–Crippen MR) is 79.0 cm³/mol. The summed E-state index contributed by atoms with van der Waals surface area (Å²) in [5.41, 5.74) is 1.74. The van der Waals surface area contributed by atoms with Gasteiger partial charge < -0.3 is 0 Å². The van der Waals surface area contributed by atoms with E-state index in [-0.39, 0.29) is 5.56 Å². The van der Waals surface area contributed by atoms with Crippen molar-refractivity contribution in [1.82, 2.24) is 14.5 Å². The second-order valence-electron chi connectivity index (χ2n) is 4.51. The van der Waals surface area contributed by atoms with Gasteiger partial charge in [0.15, 0.2) is 0 Å². The van der Waals surface area contributed by atoms with Crippen LogP contribution in [0.2, 0.25) is 5.02 Å². The zero-order valence-electron chi connectivity index (χ0n) is 10.7. The van der Waals surface area contributed by atoms with E-state index in [1.54, 1.807) is 41.5 Å². The van der Waals surface area contributed by atoms with Gasteiger partial charge in [0.1, 0.15) is 0 Å². The maximum atomic E-state index is 12.4. The first-order valence-corrected chi connectivity index (χ1v) is 6.65. The molecule has 0 saturated heterocycles. The quantitative estimate of drug-likeness (QED) is 0.743. The van der Waals surface area contributed by atoms with E-state index in [4.69, 9.17) is 11.6 Å². The highest BCUT2D eigenvalue weighted by Gasteiger charge is 2.05. The number of pyridine rings is 1. The van der Waals surface area contributed by atoms with Gasteiger partial charge in [-0.1, -0.05) is 11.6 Å². The normalized spacial score (nSPS) is 10.8. The summed E-state index contributed by atoms with van der Waals surface area (Å²) in [4.78, 5) is 20.6. The summed E-state index contributed by atoms with van der Waals surface area (Å²) in [5, 5.41) is 1.10. The van der Waals surface area contributed by atoms with Crippen LogP contribution >= 0.6 is 11.6 Å². The molecule has 0 aliphatic rings. The van der Waals surface area contributed by atoms with E-state index in [1.807, 2.05) is 12.1 Å². The van der Waals surface area contributed by atoms with E-state index < -0.39 is 0 Å². The molecule has 0 aliphatic carbocycles. The molecule has 20 heavy (non-hydrogen) atoms. The van der Waals surface area contributed by atoms with Crippen molar-refractivity contribution < 1.29 is 0 Å². The molecule has 0 radical (unpaired) electrons. The van der Waals surface area contributed by atoms with Crippen molar-refractivity contribution in [2.45, 2.75) is 13.0 Å². The minimum absolute atomic E-state index is 0.0634. The molecule has 3 rings (SSSR count). The molecule has 0 fully saturated rings. The molecule has 0 N–H and O–H groups in total. The maximum Gasteiger partial charge on any atom is 0.261 e. The minimum Gasteiger partial charge on any atom is -0.298 e. The number of rotatable bonds is 3. The lowest BCUT2D eigenvalue weighted by Crippen LogP contribution is -2.21. The number of aryl methyl sites for hydroxylation is 2. The van der Waals surface area contributed by atoms with Crippen LogP contribution in [-0.4, -0.2) is 14.5 Å². The summed E-state index contributed by atoms with van der Waals surface area (Å²) in [5.74, 6) is 0. The lowest BCUT2D eigenvalue weighted by atomic mass is 10.2. The Morgan fingerprint density at radius 2 is 1.95 bits per heavy atom. The van der Waals surface area contributed by atoms with Gasteiger partial charge in [-0.2, -0.15) is 0 Å². The molecule has 5 heteroatoms. The van der Waals surface area contributed by atoms with Crippen LogP contribution < -0.4 is 5.56 Å². The number of hydrogen-bond acceptors (Lipinski definition) is 3. The summed E-state index contributed by atoms with van der Waals surface area (Å²) in [6.45, 7) is 0.582. The number of fused-ring (bicyclic) bond motifs is 1. The first kappa shape index (κ1) is 12.8. The third-order valence-electron chi connectivity index (χ3n) is 3.18. The van der Waals surface area contributed by atoms with Gasteiger partial charge in [-0.3, -0.25) is 14.3 Å². The summed E-state index contributed by atoms with van der Waals surface area (Å²) < 4.78 is 1.61. The molecule has 0 amide bonds. The lowest BCUT2D eigenvalue weighted by Gasteiger charge is -2.06. The fourth-order valence-electron chi connectivity index (χ4n) is 2.09. The number of benzene rings is 1. The first-order valence-electron chi connectivity index (χ1n) is 6.27. The first-order chi connectivity index (χ1) is 9.74. The Morgan fingerprint density at radius 3 is 2.75 bits per heavy atom. The van der Waals surface area contributed by atoms with Crippen molar-refractivity contribution in [3.8, 4) is 0 Å². The molecule has 0 spiro atoms. The second kappa shape index (κ2) is 5.43. The predicted octanol–water partition coefficient (Wildman–Crippen LogP) is 2.69. The number of nitrogens with zero attached hydrogens (tertiary/aromatic N) is 3. The van der Waals surface area contributed by atoms with Crippen molar-refractivity contribution in [3.05, 3.63) is 70.0 Å². The van der Waals surface area contributed by atoms with Crippen molar-refractivity contribution in [2.75, 3.05) is 0 Å². The van der Waals surface area contributed by atoms with Gasteiger partial charge in [-0.05, 0) is 42.3 Å². The second-order valence-corrected chi connectivity index (χ2v) is 4.95. The van der Waals surface area contributed by atoms with Crippen LogP contribution in [0.5, 0.6) is 0 Å². The Bertz CT molecular complexity index is 799. The van der Waals surface area contributed by atoms with E-state index in [0.29, 0.717) is 22.5 Å². The number of hydrogen-bond donors (Lipinski definition) is 0. The Hall–Kier alpha value is -2.20. The van der Waals surface area contributed by atoms with Crippen LogP contribution in [0.1, 0.15) is 5.56 Å². The molecule has 0 atom stereocenters. The monoisotopic (exact) mass is 285 g/mol. The zero-order chi connectivity index (χ0) is 13.9. The summed E-state index contributed by atoms with van der Waals surface area (Å²) in [7, 11) is 0. The van der Waals surface area contributed by atoms with E-state index >= 15 is 0 Å². The Kier molecular flexibility index (Phi) is 3.48. The molecule has 1 aromatic carbocycles. The molecule has 0 unspecified atom stereocenters. The van der Waals surface area contributed by atoms with Crippen molar-refractivity contribution in [3.63, 3.8) is 0 Å². The maximum absolute atomic E-state index is 12.4. The highest BCUT2D eigenvalue weighted by Crippen LogP contribution is 2.14. The van der Waals surface area contributed by atoms with Crippen LogP contribution in [0.15, 0.2) is 53.8 Å². The van der Waals surface area contributed by atoms with Gasteiger partial charge >= 0.3 is 0 Å². The van der Waals surface area contributed by atoms with Gasteiger partial charge in [0.25, 0.3) is 5.56 Å². The summed E-state index contributed by atoms with van der Waals surface area (Å²) in [6, 6.07) is 9.03. The van der Waals surface area contributed by atoms with E-state index in [9.17, 15) is 4.79 Å². The Balaban J connectivity index is 1.92. The zero-order valence-corrected chi connectivity index (χ0v) is 11.4. The lowest BCUT2D eigenvalue weighted by molar-refractivity contribution is 0.662. The van der Waals surface area contributed by atoms with Crippen LogP contribution in [0.4, 0.5) is 0 Å². The molecule has 0 saturated carbocycles. The van der Waals surface area contributed by atoms with Crippen molar-refractivity contribution >= 4 is 22.5 Å². The topological polar surface area (TPSA) is 47.8 Å². The molecule has 0 aliphatic heterocycles. The van der Waals surface area contributed by atoms with Gasteiger partial charge in [-0.25, -0.2) is 4.98 Å². The van der Waals surface area contributed by atoms with E-state index in [2.05, 4.69) is 9.97 Å². The molecule has 4 nitrogen and oxygen atoms in total. The van der Waals surface area contributed by atoms with E-state index in [1.165, 1.54) is 0 Å². The smallest absolute Gasteiger partial charge is 0.261 e. The molecular weight excluding hydrogens is 274 g/mol. The largest absolute Gasteiger partial charge is 0.298 e. The highest BCUT2D eigenvalue weighted by atomic mass is 35.5. The molecule has 2 heterocycles. The van der Waals surface area contributed by atoms with Crippen LogP contribution in [0.3, 0.4) is 0 Å². The third-order valence-corrected chi connectivity index (χ3v) is 3.41. The Labute approximate surface area is 120 Å². The van der Waals surface area contributed by atoms with Crippen LogP contribution in [0, 0.1) is 0 Å². The van der Waals surface area contributed by atoms with Gasteiger partial charge in [0, 0.05) is 24.0 Å². The average Bonchev–Trinajstić information content (AvgIpc) is 2.48. The average molecular weight is 286 g/mol. The van der Waals surface area contributed by atoms with Crippen molar-refractivity contribution in [1.29, 1.82) is 0 Å². The van der Waals surface area contributed by atoms with Crippen LogP contribution in [0.25, 0.3) is 10.9 Å². The van der Waals surface area contributed by atoms with Crippen molar-refractivity contribution in [2.24, 2.45) is 0 Å². The summed E-state index contributed by atoms with van der Waals surface area (Å²) in [6.07, 6.45) is 5.84. The fraction of sp³-hybridized carbons (Fsp3) is 0.133. The molecule has 0 bridgehead atoms. The molecule has 100 valence electrons. The van der Waals surface area contributed by atoms with Gasteiger partial charge in [0.2, 0.25) is 0 Å². The van der Waals surface area contributed by atoms with Gasteiger partial charge in [-0.15, -0.1) is 0 Å². The molecule has 3 aromatic rings. The SMILES string of the molecule is O=c1c2cc(Cl)ccc2ncn1CCc1ccncc1.